The van der Waals surface area contributed by atoms with Crippen molar-refractivity contribution in [1.82, 2.24) is 0 Å². The van der Waals surface area contributed by atoms with Crippen molar-refractivity contribution in [3.63, 3.8) is 0 Å². The summed E-state index contributed by atoms with van der Waals surface area (Å²) in [7, 11) is 0. The Bertz CT molecular complexity index is 3230. The van der Waals surface area contributed by atoms with Crippen LogP contribution in [-0.4, -0.2) is 144 Å². The lowest BCUT2D eigenvalue weighted by atomic mass is 9.80. The first-order valence-electron chi connectivity index (χ1n) is 19.6. The van der Waals surface area contributed by atoms with E-state index < -0.39 is 227 Å². The van der Waals surface area contributed by atoms with Crippen LogP contribution in [0.3, 0.4) is 0 Å². The number of phenols is 15. The molecular formula is C43H30O26. The average molecular weight is 963 g/mol. The van der Waals surface area contributed by atoms with Crippen molar-refractivity contribution < 1.29 is 129 Å². The Morgan fingerprint density at radius 3 is 1.29 bits per heavy atom. The summed E-state index contributed by atoms with van der Waals surface area (Å²) in [5.41, 5.74) is -14.1. The van der Waals surface area contributed by atoms with E-state index in [-0.39, 0.29) is 0 Å². The van der Waals surface area contributed by atoms with Crippen LogP contribution in [0.4, 0.5) is 0 Å². The molecule has 5 atom stereocenters. The molecular weight excluding hydrogens is 932 g/mol. The quantitative estimate of drug-likeness (QED) is 0.0686. The number of fused-ring (bicyclic) bond motifs is 7. The molecule has 5 aliphatic rings. The second-order valence-electron chi connectivity index (χ2n) is 15.5. The highest BCUT2D eigenvalue weighted by Gasteiger charge is 2.56. The van der Waals surface area contributed by atoms with E-state index in [9.17, 15) is 95.8 Å². The Morgan fingerprint density at radius 2 is 0.783 bits per heavy atom. The molecule has 0 amide bonds. The van der Waals surface area contributed by atoms with Crippen molar-refractivity contribution in [2.24, 2.45) is 0 Å². The van der Waals surface area contributed by atoms with Gasteiger partial charge in [0.2, 0.25) is 28.7 Å². The SMILES string of the molecule is CCO[C@H]1c2c(O)c(O)c(O)c3c2C(=O)O[C@@H]1C1OC(=O)c2c(c(O)c(O)c(O)c2-3)-c2c(cc(O)c(O)c2O)C(=O)OC2COC(=O)c3cc(O)c(O)c(O)c3-c3c(cc(O)c(O)c3O)C(=O)OC21. The molecule has 0 saturated heterocycles. The zero-order valence-electron chi connectivity index (χ0n) is 34.2. The van der Waals surface area contributed by atoms with Crippen LogP contribution in [0.1, 0.15) is 70.4 Å². The first-order chi connectivity index (χ1) is 32.5. The Hall–Kier alpha value is -9.59. The summed E-state index contributed by atoms with van der Waals surface area (Å²) in [4.78, 5) is 73.2. The second kappa shape index (κ2) is 15.2. The molecule has 26 nitrogen and oxygen atoms in total. The third-order valence-corrected chi connectivity index (χ3v) is 11.8. The highest BCUT2D eigenvalue weighted by Crippen LogP contribution is 2.62. The van der Waals surface area contributed by atoms with Gasteiger partial charge in [0, 0.05) is 45.6 Å². The minimum Gasteiger partial charge on any atom is -0.504 e. The molecule has 0 spiro atoms. The van der Waals surface area contributed by atoms with Crippen molar-refractivity contribution in [1.29, 1.82) is 0 Å². The number of ether oxygens (including phenoxy) is 6. The van der Waals surface area contributed by atoms with Crippen molar-refractivity contribution >= 4 is 29.8 Å². The zero-order chi connectivity index (χ0) is 50.1. The van der Waals surface area contributed by atoms with Crippen LogP contribution in [0.25, 0.3) is 33.4 Å². The van der Waals surface area contributed by atoms with Gasteiger partial charge in [-0.3, -0.25) is 0 Å². The van der Waals surface area contributed by atoms with Gasteiger partial charge in [-0.25, -0.2) is 24.0 Å². The first kappa shape index (κ1) is 44.6. The number of hydrogen-bond donors (Lipinski definition) is 15. The predicted molar refractivity (Wildman–Crippen MR) is 216 cm³/mol. The van der Waals surface area contributed by atoms with Crippen LogP contribution >= 0.6 is 0 Å². The average Bonchev–Trinajstić information content (AvgIpc) is 3.33. The standard InChI is InChI=1S/C43H30O26/c1-2-64-36-22-21-19(31(55)34(58)32(22)56)18-20-17(29(53)33(57)30(18)54)16-9(5-12(46)25(49)28(16)52)40(60)66-13-6-65-39(59)7-3-10(44)23(47)26(50)14(7)15-8(4-11(45)24(48)27(15)51)41(61)67-35(13)37(68-42(20)62)38(36)69-43(21)63/h3-5,13,35-38,44-58H,2,6H2,1H3/t13?,35?,36-,37?,38-/m0/s1. The number of rotatable bonds is 2. The number of aromatic hydroxyl groups is 15. The van der Waals surface area contributed by atoms with Crippen LogP contribution in [0.5, 0.6) is 86.2 Å². The topological polar surface area (TPSA) is 444 Å². The molecule has 5 aromatic carbocycles. The predicted octanol–water partition coefficient (Wildman–Crippen LogP) is 2.36. The van der Waals surface area contributed by atoms with E-state index in [1.807, 2.05) is 0 Å². The summed E-state index contributed by atoms with van der Waals surface area (Å²) < 4.78 is 34.5. The molecule has 26 heteroatoms. The highest BCUT2D eigenvalue weighted by molar-refractivity contribution is 6.16. The number of carbonyl (C=O) groups is 5. The minimum atomic E-state index is -2.69. The van der Waals surface area contributed by atoms with E-state index in [0.29, 0.717) is 18.2 Å². The number of esters is 5. The van der Waals surface area contributed by atoms with Gasteiger partial charge in [-0.2, -0.15) is 0 Å². The van der Waals surface area contributed by atoms with E-state index in [2.05, 4.69) is 0 Å². The molecule has 15 N–H and O–H groups in total. The summed E-state index contributed by atoms with van der Waals surface area (Å²) in [6.45, 7) is -0.586. The minimum absolute atomic E-state index is 0.352. The molecule has 0 radical (unpaired) electrons. The fourth-order valence-corrected chi connectivity index (χ4v) is 8.72. The van der Waals surface area contributed by atoms with Crippen LogP contribution in [-0.2, 0) is 28.4 Å². The van der Waals surface area contributed by atoms with Crippen LogP contribution < -0.4 is 0 Å². The Morgan fingerprint density at radius 1 is 0.406 bits per heavy atom. The van der Waals surface area contributed by atoms with Crippen LogP contribution in [0, 0.1) is 0 Å². The summed E-state index contributed by atoms with van der Waals surface area (Å²) in [6, 6.07) is 1.16. The van der Waals surface area contributed by atoms with Crippen molar-refractivity contribution in [3.05, 3.63) is 51.6 Å². The number of cyclic esters (lactones) is 1. The van der Waals surface area contributed by atoms with Crippen molar-refractivity contribution in [2.75, 3.05) is 13.2 Å². The molecule has 0 saturated carbocycles. The Balaban J connectivity index is 1.45. The third kappa shape index (κ3) is 6.11. The summed E-state index contributed by atoms with van der Waals surface area (Å²) >= 11 is 0. The molecule has 0 aromatic heterocycles. The lowest BCUT2D eigenvalue weighted by molar-refractivity contribution is -0.163. The summed E-state index contributed by atoms with van der Waals surface area (Å²) in [6.07, 6.45) is -12.4. The number of benzene rings is 5. The van der Waals surface area contributed by atoms with Gasteiger partial charge in [0.1, 0.15) is 12.7 Å². The fourth-order valence-electron chi connectivity index (χ4n) is 8.72. The van der Waals surface area contributed by atoms with Crippen molar-refractivity contribution in [3.8, 4) is 120 Å². The lowest BCUT2D eigenvalue weighted by Crippen LogP contribution is -2.56. The van der Waals surface area contributed by atoms with E-state index >= 15 is 4.79 Å². The van der Waals surface area contributed by atoms with Crippen LogP contribution in [0.15, 0.2) is 18.2 Å². The summed E-state index contributed by atoms with van der Waals surface area (Å²) in [5.74, 6) is -31.2. The van der Waals surface area contributed by atoms with Gasteiger partial charge in [0.15, 0.2) is 81.9 Å². The molecule has 5 heterocycles. The van der Waals surface area contributed by atoms with E-state index in [0.717, 1.165) is 0 Å². The molecule has 6 bridgehead atoms. The zero-order valence-corrected chi connectivity index (χ0v) is 34.2. The van der Waals surface area contributed by atoms with Gasteiger partial charge in [0.05, 0.1) is 27.8 Å². The van der Waals surface area contributed by atoms with Gasteiger partial charge in [0.25, 0.3) is 0 Å². The highest BCUT2D eigenvalue weighted by atomic mass is 16.6. The molecule has 0 aliphatic carbocycles. The maximum absolute atomic E-state index is 15.2. The summed E-state index contributed by atoms with van der Waals surface area (Å²) in [5, 5.41) is 166. The number of carbonyl (C=O) groups excluding carboxylic acids is 5. The van der Waals surface area contributed by atoms with Gasteiger partial charge in [-0.05, 0) is 25.1 Å². The van der Waals surface area contributed by atoms with E-state index in [4.69, 9.17) is 28.4 Å². The third-order valence-electron chi connectivity index (χ3n) is 11.8. The largest absolute Gasteiger partial charge is 0.504 e. The Kier molecular flexibility index (Phi) is 9.85. The fraction of sp³-hybridized carbons (Fsp3) is 0.186. The monoisotopic (exact) mass is 962 g/mol. The van der Waals surface area contributed by atoms with Crippen LogP contribution in [0.2, 0.25) is 0 Å². The molecule has 5 aliphatic heterocycles. The smallest absolute Gasteiger partial charge is 0.340 e. The maximum Gasteiger partial charge on any atom is 0.340 e. The molecule has 358 valence electrons. The van der Waals surface area contributed by atoms with Crippen molar-refractivity contribution in [2.45, 2.75) is 37.4 Å². The van der Waals surface area contributed by atoms with E-state index in [1.54, 1.807) is 0 Å². The molecule has 5 aromatic rings. The van der Waals surface area contributed by atoms with Gasteiger partial charge in [-0.15, -0.1) is 0 Å². The van der Waals surface area contributed by atoms with Gasteiger partial charge < -0.3 is 105 Å². The molecule has 3 unspecified atom stereocenters. The number of phenolic OH excluding ortho intramolecular Hbond substituents is 15. The second-order valence-corrected chi connectivity index (χ2v) is 15.5. The molecule has 10 rings (SSSR count). The number of hydrogen-bond acceptors (Lipinski definition) is 26. The Labute approximate surface area is 380 Å². The molecule has 69 heavy (non-hydrogen) atoms. The van der Waals surface area contributed by atoms with Gasteiger partial charge in [-0.1, -0.05) is 0 Å². The molecule has 0 fully saturated rings. The first-order valence-corrected chi connectivity index (χ1v) is 19.6. The normalized spacial score (nSPS) is 20.3. The van der Waals surface area contributed by atoms with E-state index in [1.165, 1.54) is 6.92 Å². The lowest BCUT2D eigenvalue weighted by Gasteiger charge is -2.42. The van der Waals surface area contributed by atoms with Gasteiger partial charge >= 0.3 is 29.8 Å². The maximum atomic E-state index is 15.2.